The third-order valence-corrected chi connectivity index (χ3v) is 8.28. The van der Waals surface area contributed by atoms with Crippen LogP contribution in [0.2, 0.25) is 0 Å². The molecule has 1 aromatic heterocycles. The summed E-state index contributed by atoms with van der Waals surface area (Å²) in [5.74, 6) is -1.35. The van der Waals surface area contributed by atoms with E-state index in [-0.39, 0.29) is 24.4 Å². The molecule has 36 heavy (non-hydrogen) atoms. The Labute approximate surface area is 219 Å². The summed E-state index contributed by atoms with van der Waals surface area (Å²) in [5.41, 5.74) is 1.51. The summed E-state index contributed by atoms with van der Waals surface area (Å²) >= 11 is 4.83. The maximum absolute atomic E-state index is 13.9. The zero-order valence-corrected chi connectivity index (χ0v) is 21.7. The smallest absolute Gasteiger partial charge is 0.338 e. The van der Waals surface area contributed by atoms with Gasteiger partial charge >= 0.3 is 11.9 Å². The van der Waals surface area contributed by atoms with E-state index in [0.717, 1.165) is 0 Å². The number of carboxylic acid groups (broad SMARTS) is 1. The molecule has 4 atom stereocenters. The van der Waals surface area contributed by atoms with Crippen molar-refractivity contribution in [1.29, 1.82) is 0 Å². The molecule has 3 aliphatic heterocycles. The average molecular weight is 579 g/mol. The molecule has 0 unspecified atom stereocenters. The molecule has 190 valence electrons. The molecule has 1 aromatic carbocycles. The van der Waals surface area contributed by atoms with E-state index in [9.17, 15) is 19.1 Å². The molecule has 0 aliphatic carbocycles. The van der Waals surface area contributed by atoms with E-state index >= 15 is 0 Å². The van der Waals surface area contributed by atoms with Crippen LogP contribution in [0.15, 0.2) is 50.5 Å². The number of fused-ring (bicyclic) bond motifs is 2. The number of esters is 1. The minimum Gasteiger partial charge on any atom is -0.481 e. The predicted molar refractivity (Wildman–Crippen MR) is 133 cm³/mol. The highest BCUT2D eigenvalue weighted by Crippen LogP contribution is 2.40. The van der Waals surface area contributed by atoms with Crippen molar-refractivity contribution in [2.24, 2.45) is 10.9 Å². The summed E-state index contributed by atoms with van der Waals surface area (Å²) in [7, 11) is 1.31. The zero-order valence-electron chi connectivity index (χ0n) is 19.3. The normalized spacial score (nSPS) is 25.9. The first-order chi connectivity index (χ1) is 17.4. The van der Waals surface area contributed by atoms with E-state index < -0.39 is 23.8 Å². The number of aliphatic carboxylic acids is 1. The van der Waals surface area contributed by atoms with Crippen LogP contribution in [0, 0.1) is 11.7 Å². The minimum absolute atomic E-state index is 0.0273. The first kappa shape index (κ1) is 25.0. The average Bonchev–Trinajstić information content (AvgIpc) is 3.43. The Balaban J connectivity index is 1.58. The largest absolute Gasteiger partial charge is 0.481 e. The van der Waals surface area contributed by atoms with E-state index in [1.165, 1.54) is 30.6 Å². The topological polar surface area (TPSA) is 113 Å². The van der Waals surface area contributed by atoms with Crippen LogP contribution in [0.25, 0.3) is 0 Å². The molecular formula is C24H24BrFN4O5S. The fourth-order valence-electron chi connectivity index (χ4n) is 5.24. The summed E-state index contributed by atoms with van der Waals surface area (Å²) in [4.78, 5) is 36.0. The number of halogens is 2. The lowest BCUT2D eigenvalue weighted by Crippen LogP contribution is -2.50. The first-order valence-corrected chi connectivity index (χ1v) is 13.1. The summed E-state index contributed by atoms with van der Waals surface area (Å²) in [6.07, 6.45) is 2.44. The van der Waals surface area contributed by atoms with Gasteiger partial charge in [0, 0.05) is 46.8 Å². The van der Waals surface area contributed by atoms with Crippen molar-refractivity contribution in [2.45, 2.75) is 31.0 Å². The number of carboxylic acids is 1. The van der Waals surface area contributed by atoms with Crippen LogP contribution in [0.5, 0.6) is 0 Å². The molecule has 0 spiro atoms. The number of amidine groups is 1. The van der Waals surface area contributed by atoms with Crippen molar-refractivity contribution < 1.29 is 28.6 Å². The second-order valence-electron chi connectivity index (χ2n) is 8.92. The summed E-state index contributed by atoms with van der Waals surface area (Å²) in [6.45, 7) is 1.27. The molecule has 0 saturated carbocycles. The van der Waals surface area contributed by atoms with Crippen LogP contribution in [0.1, 0.15) is 29.5 Å². The Morgan fingerprint density at radius 1 is 1.39 bits per heavy atom. The van der Waals surface area contributed by atoms with E-state index in [1.807, 2.05) is 5.38 Å². The number of morpholine rings is 1. The molecule has 2 N–H and O–H groups in total. The molecule has 12 heteroatoms. The molecule has 2 bridgehead atoms. The van der Waals surface area contributed by atoms with Crippen LogP contribution >= 0.6 is 27.3 Å². The predicted octanol–water partition coefficient (Wildman–Crippen LogP) is 3.13. The van der Waals surface area contributed by atoms with Crippen molar-refractivity contribution in [3.05, 3.63) is 61.9 Å². The Bertz CT molecular complexity index is 1240. The van der Waals surface area contributed by atoms with Crippen molar-refractivity contribution in [3.8, 4) is 0 Å². The van der Waals surface area contributed by atoms with Gasteiger partial charge in [-0.05, 0) is 30.0 Å². The summed E-state index contributed by atoms with van der Waals surface area (Å²) < 4.78 is 25.3. The van der Waals surface area contributed by atoms with Crippen molar-refractivity contribution in [3.63, 3.8) is 0 Å². The zero-order chi connectivity index (χ0) is 25.4. The number of methoxy groups -OCH3 is 1. The maximum Gasteiger partial charge on any atom is 0.338 e. The van der Waals surface area contributed by atoms with Gasteiger partial charge in [-0.2, -0.15) is 0 Å². The number of benzene rings is 1. The van der Waals surface area contributed by atoms with Gasteiger partial charge in [-0.25, -0.2) is 14.2 Å². The summed E-state index contributed by atoms with van der Waals surface area (Å²) in [5, 5.41) is 15.2. The highest BCUT2D eigenvalue weighted by Gasteiger charge is 2.46. The van der Waals surface area contributed by atoms with Gasteiger partial charge in [0.15, 0.2) is 10.8 Å². The van der Waals surface area contributed by atoms with Crippen molar-refractivity contribution in [1.82, 2.24) is 15.2 Å². The molecule has 2 aromatic rings. The van der Waals surface area contributed by atoms with Crippen LogP contribution in [-0.2, 0) is 19.1 Å². The van der Waals surface area contributed by atoms with Crippen LogP contribution in [0.3, 0.4) is 0 Å². The number of hydrogen-bond donors (Lipinski definition) is 2. The lowest BCUT2D eigenvalue weighted by Gasteiger charge is -2.38. The second-order valence-corrected chi connectivity index (χ2v) is 10.7. The number of nitrogens with zero attached hydrogens (tertiary/aromatic N) is 3. The molecule has 2 fully saturated rings. The number of carbonyl (C=O) groups excluding carboxylic acids is 1. The molecule has 3 aliphatic rings. The Morgan fingerprint density at radius 3 is 2.92 bits per heavy atom. The van der Waals surface area contributed by atoms with Gasteiger partial charge in [0.1, 0.15) is 11.9 Å². The lowest BCUT2D eigenvalue weighted by molar-refractivity contribution is -0.138. The second kappa shape index (κ2) is 10.4. The Morgan fingerprint density at radius 2 is 2.22 bits per heavy atom. The van der Waals surface area contributed by atoms with Gasteiger partial charge in [-0.1, -0.05) is 22.0 Å². The van der Waals surface area contributed by atoms with Crippen LogP contribution < -0.4 is 5.32 Å². The molecule has 0 radical (unpaired) electrons. The molecule has 5 rings (SSSR count). The molecule has 9 nitrogen and oxygen atoms in total. The Kier molecular flexibility index (Phi) is 7.20. The van der Waals surface area contributed by atoms with Gasteiger partial charge < -0.3 is 19.9 Å². The number of nitrogens with one attached hydrogen (secondary N) is 1. The standard InChI is InChI=1S/C24H24BrFN4O5S/c1-34-24(33)20-17(9-30-14-6-12(7-19(31)32)18(30)11-35-10-14)28-22(23-27-4-5-36-23)29-21(20)15-3-2-13(26)8-16(15)25/h2-5,8,12,14,18,21H,6-7,9-11H2,1H3,(H,28,29)(H,31,32)/t12-,14+,18+,21-/m0/s1. The number of rotatable bonds is 7. The van der Waals surface area contributed by atoms with Gasteiger partial charge in [-0.3, -0.25) is 14.7 Å². The third-order valence-electron chi connectivity index (χ3n) is 6.81. The van der Waals surface area contributed by atoms with Gasteiger partial charge in [-0.15, -0.1) is 11.3 Å². The summed E-state index contributed by atoms with van der Waals surface area (Å²) in [6, 6.07) is 3.43. The highest BCUT2D eigenvalue weighted by molar-refractivity contribution is 9.10. The van der Waals surface area contributed by atoms with Gasteiger partial charge in [0.25, 0.3) is 0 Å². The molecule has 0 amide bonds. The number of carbonyl (C=O) groups is 2. The first-order valence-electron chi connectivity index (χ1n) is 11.4. The van der Waals surface area contributed by atoms with E-state index in [1.54, 1.807) is 12.3 Å². The molecule has 2 saturated heterocycles. The van der Waals surface area contributed by atoms with E-state index in [2.05, 4.69) is 31.1 Å². The minimum atomic E-state index is -0.836. The van der Waals surface area contributed by atoms with E-state index in [0.29, 0.717) is 58.3 Å². The maximum atomic E-state index is 13.9. The number of aromatic nitrogens is 1. The number of ether oxygens (including phenoxy) is 2. The van der Waals surface area contributed by atoms with Gasteiger partial charge in [0.05, 0.1) is 25.9 Å². The quantitative estimate of drug-likeness (QED) is 0.482. The Hall–Kier alpha value is -2.67. The van der Waals surface area contributed by atoms with E-state index in [4.69, 9.17) is 14.5 Å². The molecular weight excluding hydrogens is 555 g/mol. The lowest BCUT2D eigenvalue weighted by atomic mass is 9.94. The van der Waals surface area contributed by atoms with Crippen LogP contribution in [0.4, 0.5) is 4.39 Å². The van der Waals surface area contributed by atoms with Crippen molar-refractivity contribution in [2.75, 3.05) is 26.9 Å². The number of aliphatic imine (C=N–C) groups is 1. The van der Waals surface area contributed by atoms with Crippen LogP contribution in [-0.4, -0.2) is 71.7 Å². The third kappa shape index (κ3) is 4.82. The monoisotopic (exact) mass is 578 g/mol. The van der Waals surface area contributed by atoms with Crippen molar-refractivity contribution >= 4 is 45.0 Å². The number of hydrogen-bond acceptors (Lipinski definition) is 9. The fraction of sp³-hybridized carbons (Fsp3) is 0.417. The fourth-order valence-corrected chi connectivity index (χ4v) is 6.40. The molecule has 4 heterocycles. The highest BCUT2D eigenvalue weighted by atomic mass is 79.9. The SMILES string of the molecule is COC(=O)C1=C(CN2[C@H]3COC[C@@H]2[C@H](CC(=O)O)C3)NC(c2nccs2)=N[C@H]1c1ccc(F)cc1Br. The van der Waals surface area contributed by atoms with Gasteiger partial charge in [0.2, 0.25) is 0 Å². The number of thiazole rings is 1.